The number of likely N-dealkylation sites (tertiary alicyclic amines) is 1. The van der Waals surface area contributed by atoms with Crippen molar-refractivity contribution in [1.82, 2.24) is 10.2 Å². The fraction of sp³-hybridized carbons (Fsp3) is 0.917. The molecule has 3 N–H and O–H groups in total. The Morgan fingerprint density at radius 2 is 1.88 bits per heavy atom. The van der Waals surface area contributed by atoms with E-state index in [0.29, 0.717) is 0 Å². The van der Waals surface area contributed by atoms with E-state index in [1.165, 1.54) is 12.8 Å². The highest BCUT2D eigenvalue weighted by Gasteiger charge is 2.20. The number of nitrogens with one attached hydrogen (secondary N) is 1. The first-order valence-electron chi connectivity index (χ1n) is 6.29. The molecule has 1 fully saturated rings. The largest absolute Gasteiger partial charge is 0.351 e. The third-order valence-corrected chi connectivity index (χ3v) is 3.14. The lowest BCUT2D eigenvalue weighted by atomic mass is 10.0. The highest BCUT2D eigenvalue weighted by Crippen LogP contribution is 2.07. The summed E-state index contributed by atoms with van der Waals surface area (Å²) in [5, 5.41) is 2.98. The molecule has 4 nitrogen and oxygen atoms in total. The van der Waals surface area contributed by atoms with E-state index >= 15 is 0 Å². The second-order valence-electron chi connectivity index (χ2n) is 5.19. The summed E-state index contributed by atoms with van der Waals surface area (Å²) in [6.07, 6.45) is 2.57. The van der Waals surface area contributed by atoms with Gasteiger partial charge in [0.15, 0.2) is 0 Å². The molecule has 1 unspecified atom stereocenters. The Bertz CT molecular complexity index is 224. The van der Waals surface area contributed by atoms with Crippen LogP contribution in [0.4, 0.5) is 0 Å². The van der Waals surface area contributed by atoms with E-state index in [2.05, 4.69) is 10.2 Å². The van der Waals surface area contributed by atoms with Crippen LogP contribution in [0, 0.1) is 5.92 Å². The van der Waals surface area contributed by atoms with Gasteiger partial charge < -0.3 is 16.0 Å². The average Bonchev–Trinajstić information content (AvgIpc) is 2.68. The Hall–Kier alpha value is -0.610. The Morgan fingerprint density at radius 3 is 2.38 bits per heavy atom. The third kappa shape index (κ3) is 4.10. The molecule has 2 atom stereocenters. The fourth-order valence-electron chi connectivity index (χ4n) is 2.04. The van der Waals surface area contributed by atoms with Crippen molar-refractivity contribution < 1.29 is 4.79 Å². The molecule has 1 saturated heterocycles. The van der Waals surface area contributed by atoms with E-state index in [-0.39, 0.29) is 23.9 Å². The van der Waals surface area contributed by atoms with Gasteiger partial charge in [0.2, 0.25) is 5.91 Å². The molecule has 1 amide bonds. The number of nitrogens with zero attached hydrogens (tertiary/aromatic N) is 1. The van der Waals surface area contributed by atoms with Gasteiger partial charge in [0.1, 0.15) is 0 Å². The van der Waals surface area contributed by atoms with E-state index in [4.69, 9.17) is 5.73 Å². The zero-order chi connectivity index (χ0) is 12.1. The van der Waals surface area contributed by atoms with Crippen molar-refractivity contribution in [3.63, 3.8) is 0 Å². The summed E-state index contributed by atoms with van der Waals surface area (Å²) in [7, 11) is 0. The Morgan fingerprint density at radius 1 is 1.31 bits per heavy atom. The highest BCUT2D eigenvalue weighted by atomic mass is 16.2. The number of carbonyl (C=O) groups is 1. The zero-order valence-electron chi connectivity index (χ0n) is 10.7. The quantitative estimate of drug-likeness (QED) is 0.722. The van der Waals surface area contributed by atoms with E-state index in [1.54, 1.807) is 0 Å². The SMILES string of the molecule is CC(CN1CCCC1)NC(=O)[C@@H](N)C(C)C. The maximum atomic E-state index is 11.7. The number of nitrogens with two attached hydrogens (primary N) is 1. The van der Waals surface area contributed by atoms with E-state index in [0.717, 1.165) is 19.6 Å². The van der Waals surface area contributed by atoms with Gasteiger partial charge in [-0.1, -0.05) is 13.8 Å². The van der Waals surface area contributed by atoms with Gasteiger partial charge in [0.25, 0.3) is 0 Å². The van der Waals surface area contributed by atoms with Gasteiger partial charge in [-0.15, -0.1) is 0 Å². The molecule has 0 aliphatic carbocycles. The van der Waals surface area contributed by atoms with Crippen molar-refractivity contribution in [2.45, 2.75) is 45.7 Å². The average molecular weight is 227 g/mol. The summed E-state index contributed by atoms with van der Waals surface area (Å²) in [5.74, 6) is 0.167. The van der Waals surface area contributed by atoms with Gasteiger partial charge in [-0.05, 0) is 38.8 Å². The number of hydrogen-bond donors (Lipinski definition) is 2. The number of hydrogen-bond acceptors (Lipinski definition) is 3. The summed E-state index contributed by atoms with van der Waals surface area (Å²) in [4.78, 5) is 14.1. The van der Waals surface area contributed by atoms with Crippen LogP contribution in [0.3, 0.4) is 0 Å². The Labute approximate surface area is 98.6 Å². The molecule has 0 saturated carbocycles. The Kier molecular flexibility index (Phi) is 5.22. The third-order valence-electron chi connectivity index (χ3n) is 3.14. The number of carbonyl (C=O) groups excluding carboxylic acids is 1. The van der Waals surface area contributed by atoms with Crippen LogP contribution in [-0.4, -0.2) is 42.5 Å². The number of rotatable bonds is 5. The normalized spacial score (nSPS) is 21.1. The lowest BCUT2D eigenvalue weighted by Crippen LogP contribution is -2.49. The Balaban J connectivity index is 2.27. The minimum absolute atomic E-state index is 0.0262. The van der Waals surface area contributed by atoms with Gasteiger partial charge in [0.05, 0.1) is 6.04 Å². The van der Waals surface area contributed by atoms with Crippen LogP contribution in [0.15, 0.2) is 0 Å². The van der Waals surface area contributed by atoms with Gasteiger partial charge in [-0.25, -0.2) is 0 Å². The molecular weight excluding hydrogens is 202 g/mol. The first-order chi connectivity index (χ1) is 7.50. The molecule has 0 aromatic carbocycles. The predicted octanol–water partition coefficient (Wildman–Crippen LogP) is 0.570. The maximum absolute atomic E-state index is 11.7. The van der Waals surface area contributed by atoms with Crippen molar-refractivity contribution in [2.24, 2.45) is 11.7 Å². The zero-order valence-corrected chi connectivity index (χ0v) is 10.7. The van der Waals surface area contributed by atoms with Crippen LogP contribution >= 0.6 is 0 Å². The lowest BCUT2D eigenvalue weighted by molar-refractivity contribution is -0.123. The van der Waals surface area contributed by atoms with Crippen molar-refractivity contribution in [2.75, 3.05) is 19.6 Å². The molecular formula is C12H25N3O. The summed E-state index contributed by atoms with van der Waals surface area (Å²) < 4.78 is 0. The standard InChI is InChI=1S/C12H25N3O/c1-9(2)11(13)12(16)14-10(3)8-15-6-4-5-7-15/h9-11H,4-8,13H2,1-3H3,(H,14,16)/t10?,11-/m0/s1. The first kappa shape index (κ1) is 13.5. The molecule has 0 bridgehead atoms. The van der Waals surface area contributed by atoms with Gasteiger partial charge in [0, 0.05) is 12.6 Å². The monoisotopic (exact) mass is 227 g/mol. The molecule has 0 radical (unpaired) electrons. The van der Waals surface area contributed by atoms with Crippen LogP contribution in [-0.2, 0) is 4.79 Å². The molecule has 1 aliphatic heterocycles. The maximum Gasteiger partial charge on any atom is 0.237 e. The van der Waals surface area contributed by atoms with E-state index in [9.17, 15) is 4.79 Å². The molecule has 94 valence electrons. The molecule has 1 heterocycles. The smallest absolute Gasteiger partial charge is 0.237 e. The highest BCUT2D eigenvalue weighted by molar-refractivity contribution is 5.81. The van der Waals surface area contributed by atoms with E-state index < -0.39 is 0 Å². The molecule has 4 heteroatoms. The van der Waals surface area contributed by atoms with Crippen LogP contribution in [0.25, 0.3) is 0 Å². The van der Waals surface area contributed by atoms with Crippen LogP contribution in [0.2, 0.25) is 0 Å². The first-order valence-corrected chi connectivity index (χ1v) is 6.29. The van der Waals surface area contributed by atoms with Crippen LogP contribution in [0.1, 0.15) is 33.6 Å². The molecule has 0 aromatic rings. The van der Waals surface area contributed by atoms with Crippen molar-refractivity contribution >= 4 is 5.91 Å². The summed E-state index contributed by atoms with van der Waals surface area (Å²) in [6.45, 7) is 9.25. The van der Waals surface area contributed by atoms with Gasteiger partial charge >= 0.3 is 0 Å². The second kappa shape index (κ2) is 6.21. The minimum Gasteiger partial charge on any atom is -0.351 e. The van der Waals surface area contributed by atoms with Crippen molar-refractivity contribution in [3.8, 4) is 0 Å². The van der Waals surface area contributed by atoms with Crippen molar-refractivity contribution in [3.05, 3.63) is 0 Å². The minimum atomic E-state index is -0.388. The molecule has 16 heavy (non-hydrogen) atoms. The van der Waals surface area contributed by atoms with E-state index in [1.807, 2.05) is 20.8 Å². The van der Waals surface area contributed by atoms with Crippen LogP contribution < -0.4 is 11.1 Å². The topological polar surface area (TPSA) is 58.4 Å². The second-order valence-corrected chi connectivity index (χ2v) is 5.19. The number of amides is 1. The molecule has 0 spiro atoms. The molecule has 0 aromatic heterocycles. The summed E-state index contributed by atoms with van der Waals surface area (Å²) in [5.41, 5.74) is 5.79. The van der Waals surface area contributed by atoms with Gasteiger partial charge in [-0.3, -0.25) is 4.79 Å². The molecule has 1 aliphatic rings. The van der Waals surface area contributed by atoms with Gasteiger partial charge in [-0.2, -0.15) is 0 Å². The lowest BCUT2D eigenvalue weighted by Gasteiger charge is -2.23. The fourth-order valence-corrected chi connectivity index (χ4v) is 2.04. The van der Waals surface area contributed by atoms with Crippen LogP contribution in [0.5, 0.6) is 0 Å². The molecule has 1 rings (SSSR count). The van der Waals surface area contributed by atoms with Crippen molar-refractivity contribution in [1.29, 1.82) is 0 Å². The summed E-state index contributed by atoms with van der Waals surface area (Å²) in [6, 6.07) is -0.198. The summed E-state index contributed by atoms with van der Waals surface area (Å²) >= 11 is 0. The predicted molar refractivity (Wildman–Crippen MR) is 66.1 cm³/mol.